The van der Waals surface area contributed by atoms with E-state index in [9.17, 15) is 9.59 Å². The number of methoxy groups -OCH3 is 1. The minimum atomic E-state index is 0.0772. The van der Waals surface area contributed by atoms with Crippen molar-refractivity contribution in [1.82, 2.24) is 9.80 Å². The van der Waals surface area contributed by atoms with Crippen molar-refractivity contribution in [3.8, 4) is 5.75 Å². The van der Waals surface area contributed by atoms with E-state index in [2.05, 4.69) is 17.0 Å². The zero-order valence-electron chi connectivity index (χ0n) is 16.9. The molecular weight excluding hydrogens is 372 g/mol. The van der Waals surface area contributed by atoms with Gasteiger partial charge in [0.05, 0.1) is 7.11 Å². The molecule has 3 rings (SSSR count). The lowest BCUT2D eigenvalue weighted by atomic mass is 10.1. The molecule has 150 valence electrons. The second-order valence-corrected chi connectivity index (χ2v) is 8.72. The number of Topliss-reactive ketones (excluding diaryl/α,β-unsaturated/α-hetero) is 1. The third-order valence-corrected chi connectivity index (χ3v) is 6.16. The number of piperazine rings is 1. The van der Waals surface area contributed by atoms with E-state index in [0.29, 0.717) is 12.8 Å². The van der Waals surface area contributed by atoms with Crippen molar-refractivity contribution in [3.05, 3.63) is 51.2 Å². The highest BCUT2D eigenvalue weighted by Crippen LogP contribution is 2.22. The number of ketones is 1. The highest BCUT2D eigenvalue weighted by molar-refractivity contribution is 7.12. The summed E-state index contributed by atoms with van der Waals surface area (Å²) in [5, 5.41) is 0. The number of nitrogens with zero attached hydrogens (tertiary/aromatic N) is 2. The summed E-state index contributed by atoms with van der Waals surface area (Å²) in [6, 6.07) is 10.0. The zero-order chi connectivity index (χ0) is 20.1. The van der Waals surface area contributed by atoms with Crippen LogP contribution in [0.5, 0.6) is 5.75 Å². The van der Waals surface area contributed by atoms with Crippen LogP contribution >= 0.6 is 11.3 Å². The summed E-state index contributed by atoms with van der Waals surface area (Å²) in [4.78, 5) is 31.3. The van der Waals surface area contributed by atoms with Crippen LogP contribution < -0.4 is 4.74 Å². The number of hydrogen-bond acceptors (Lipinski definition) is 5. The third-order valence-electron chi connectivity index (χ3n) is 5.20. The van der Waals surface area contributed by atoms with Crippen LogP contribution in [0.25, 0.3) is 0 Å². The average Bonchev–Trinajstić information content (AvgIpc) is 3.05. The maximum absolute atomic E-state index is 12.5. The summed E-state index contributed by atoms with van der Waals surface area (Å²) < 4.78 is 5.19. The fraction of sp³-hybridized carbons (Fsp3) is 0.455. The van der Waals surface area contributed by atoms with Crippen molar-refractivity contribution < 1.29 is 14.3 Å². The van der Waals surface area contributed by atoms with Gasteiger partial charge in [-0.15, -0.1) is 11.3 Å². The van der Waals surface area contributed by atoms with Crippen LogP contribution in [-0.4, -0.2) is 54.8 Å². The highest BCUT2D eigenvalue weighted by atomic mass is 32.1. The molecule has 1 aliphatic rings. The number of aryl methyl sites for hydroxylation is 2. The zero-order valence-corrected chi connectivity index (χ0v) is 17.7. The molecule has 0 atom stereocenters. The molecule has 28 heavy (non-hydrogen) atoms. The van der Waals surface area contributed by atoms with Gasteiger partial charge >= 0.3 is 0 Å². The molecule has 0 spiro atoms. The molecule has 0 saturated carbocycles. The lowest BCUT2D eigenvalue weighted by Crippen LogP contribution is -2.48. The van der Waals surface area contributed by atoms with E-state index in [-0.39, 0.29) is 11.7 Å². The van der Waals surface area contributed by atoms with E-state index in [1.54, 1.807) is 18.4 Å². The smallest absolute Gasteiger partial charge is 0.223 e. The van der Waals surface area contributed by atoms with Gasteiger partial charge < -0.3 is 9.64 Å². The van der Waals surface area contributed by atoms with Crippen LogP contribution in [0.2, 0.25) is 0 Å². The Morgan fingerprint density at radius 3 is 2.29 bits per heavy atom. The first kappa shape index (κ1) is 20.6. The molecule has 1 aromatic carbocycles. The monoisotopic (exact) mass is 400 g/mol. The maximum atomic E-state index is 12.5. The van der Waals surface area contributed by atoms with Crippen molar-refractivity contribution in [2.45, 2.75) is 33.2 Å². The molecule has 6 heteroatoms. The Hall–Kier alpha value is -2.18. The molecule has 1 saturated heterocycles. The summed E-state index contributed by atoms with van der Waals surface area (Å²) in [5.41, 5.74) is 2.02. The average molecular weight is 401 g/mol. The van der Waals surface area contributed by atoms with Crippen molar-refractivity contribution in [2.75, 3.05) is 33.3 Å². The second kappa shape index (κ2) is 9.34. The molecule has 0 bridgehead atoms. The first-order chi connectivity index (χ1) is 13.5. The van der Waals surface area contributed by atoms with Gasteiger partial charge in [-0.05, 0) is 37.6 Å². The van der Waals surface area contributed by atoms with Crippen molar-refractivity contribution in [3.63, 3.8) is 0 Å². The molecule has 1 fully saturated rings. The van der Waals surface area contributed by atoms with Gasteiger partial charge in [0.25, 0.3) is 0 Å². The SMILES string of the molecule is COc1ccc(CN2CCN(C(=O)CCC(=O)c3cc(C)sc3C)CC2)cc1. The van der Waals surface area contributed by atoms with Crippen LogP contribution in [0.3, 0.4) is 0 Å². The fourth-order valence-electron chi connectivity index (χ4n) is 3.57. The van der Waals surface area contributed by atoms with E-state index in [1.165, 1.54) is 5.56 Å². The Morgan fingerprint density at radius 1 is 1.04 bits per heavy atom. The Labute approximate surface area is 170 Å². The van der Waals surface area contributed by atoms with Crippen LogP contribution in [0.1, 0.15) is 38.5 Å². The van der Waals surface area contributed by atoms with Crippen molar-refractivity contribution in [1.29, 1.82) is 0 Å². The van der Waals surface area contributed by atoms with Crippen LogP contribution in [-0.2, 0) is 11.3 Å². The maximum Gasteiger partial charge on any atom is 0.223 e. The summed E-state index contributed by atoms with van der Waals surface area (Å²) in [5.74, 6) is 1.02. The largest absolute Gasteiger partial charge is 0.497 e. The van der Waals surface area contributed by atoms with Crippen molar-refractivity contribution in [2.24, 2.45) is 0 Å². The topological polar surface area (TPSA) is 49.9 Å². The summed E-state index contributed by atoms with van der Waals surface area (Å²) >= 11 is 1.63. The van der Waals surface area contributed by atoms with Gasteiger partial charge in [0.15, 0.2) is 5.78 Å². The second-order valence-electron chi connectivity index (χ2n) is 7.26. The molecule has 1 aliphatic heterocycles. The summed E-state index contributed by atoms with van der Waals surface area (Å²) in [6.45, 7) is 8.00. The normalized spacial score (nSPS) is 14.9. The Balaban J connectivity index is 1.43. The minimum absolute atomic E-state index is 0.0772. The molecule has 1 aromatic heterocycles. The molecule has 2 heterocycles. The highest BCUT2D eigenvalue weighted by Gasteiger charge is 2.22. The van der Waals surface area contributed by atoms with Crippen molar-refractivity contribution >= 4 is 23.0 Å². The predicted molar refractivity (Wildman–Crippen MR) is 112 cm³/mol. The van der Waals surface area contributed by atoms with E-state index < -0.39 is 0 Å². The molecule has 5 nitrogen and oxygen atoms in total. The number of ether oxygens (including phenoxy) is 1. The molecule has 0 unspecified atom stereocenters. The molecule has 2 aromatic rings. The van der Waals surface area contributed by atoms with Gasteiger partial charge in [-0.25, -0.2) is 0 Å². The van der Waals surface area contributed by atoms with Gasteiger partial charge in [0.2, 0.25) is 5.91 Å². The third kappa shape index (κ3) is 5.20. The number of carbonyl (C=O) groups is 2. The number of carbonyl (C=O) groups excluding carboxylic acids is 2. The first-order valence-corrected chi connectivity index (χ1v) is 10.5. The van der Waals surface area contributed by atoms with Gasteiger partial charge in [-0.1, -0.05) is 12.1 Å². The van der Waals surface area contributed by atoms with E-state index in [0.717, 1.165) is 53.8 Å². The molecule has 0 radical (unpaired) electrons. The molecule has 1 amide bonds. The Morgan fingerprint density at radius 2 is 1.71 bits per heavy atom. The number of hydrogen-bond donors (Lipinski definition) is 0. The number of benzene rings is 1. The van der Waals surface area contributed by atoms with E-state index in [4.69, 9.17) is 4.74 Å². The van der Waals surface area contributed by atoms with E-state index >= 15 is 0 Å². The Kier molecular flexibility index (Phi) is 6.86. The van der Waals surface area contributed by atoms with Crippen LogP contribution in [0, 0.1) is 13.8 Å². The van der Waals surface area contributed by atoms with Crippen LogP contribution in [0.15, 0.2) is 30.3 Å². The summed E-state index contributed by atoms with van der Waals surface area (Å²) in [7, 11) is 1.67. The van der Waals surface area contributed by atoms with Crippen LogP contribution in [0.4, 0.5) is 0 Å². The fourth-order valence-corrected chi connectivity index (χ4v) is 4.51. The molecule has 0 N–H and O–H groups in total. The number of amides is 1. The standard InChI is InChI=1S/C22H28N2O3S/c1-16-14-20(17(2)28-16)21(25)8-9-22(26)24-12-10-23(11-13-24)15-18-4-6-19(27-3)7-5-18/h4-7,14H,8-13,15H2,1-3H3. The summed E-state index contributed by atoms with van der Waals surface area (Å²) in [6.07, 6.45) is 0.591. The van der Waals surface area contributed by atoms with Gasteiger partial charge in [0.1, 0.15) is 5.75 Å². The lowest BCUT2D eigenvalue weighted by Gasteiger charge is -2.34. The molecular formula is C22H28N2O3S. The predicted octanol–water partition coefficient (Wildman–Crippen LogP) is 3.68. The Bertz CT molecular complexity index is 821. The number of rotatable bonds is 7. The van der Waals surface area contributed by atoms with Gasteiger partial charge in [-0.2, -0.15) is 0 Å². The number of thiophene rings is 1. The molecule has 0 aliphatic carbocycles. The van der Waals surface area contributed by atoms with E-state index in [1.807, 2.05) is 36.9 Å². The first-order valence-electron chi connectivity index (χ1n) is 9.69. The van der Waals surface area contributed by atoms with Gasteiger partial charge in [0, 0.05) is 60.9 Å². The van der Waals surface area contributed by atoms with Gasteiger partial charge in [-0.3, -0.25) is 14.5 Å². The quantitative estimate of drug-likeness (QED) is 0.665. The lowest BCUT2D eigenvalue weighted by molar-refractivity contribution is -0.132. The minimum Gasteiger partial charge on any atom is -0.497 e.